The number of carbonyl (C=O) groups is 3. The normalized spacial score (nSPS) is 16.9. The smallest absolute Gasteiger partial charge is 0.306 e. The Bertz CT molecular complexity index is 394. The molecule has 0 bridgehead atoms. The van der Waals surface area contributed by atoms with Gasteiger partial charge in [-0.3, -0.25) is 19.3 Å². The predicted octanol–water partition coefficient (Wildman–Crippen LogP) is -0.376. The Labute approximate surface area is 125 Å². The number of nitrogens with one attached hydrogen (secondary N) is 1. The van der Waals surface area contributed by atoms with Crippen LogP contribution in [0.5, 0.6) is 0 Å². The monoisotopic (exact) mass is 299 g/mol. The van der Waals surface area contributed by atoms with Gasteiger partial charge in [0.15, 0.2) is 0 Å². The van der Waals surface area contributed by atoms with Gasteiger partial charge in [0.2, 0.25) is 11.8 Å². The molecule has 0 aromatic heterocycles. The molecule has 2 N–H and O–H groups in total. The van der Waals surface area contributed by atoms with Gasteiger partial charge in [0, 0.05) is 26.7 Å². The van der Waals surface area contributed by atoms with Gasteiger partial charge in [0.05, 0.1) is 19.0 Å². The predicted molar refractivity (Wildman–Crippen MR) is 77.7 cm³/mol. The Morgan fingerprint density at radius 1 is 1.38 bits per heavy atom. The summed E-state index contributed by atoms with van der Waals surface area (Å²) in [5.41, 5.74) is 0. The van der Waals surface area contributed by atoms with E-state index in [0.29, 0.717) is 19.6 Å². The first-order valence-corrected chi connectivity index (χ1v) is 7.31. The third-order valence-electron chi connectivity index (χ3n) is 3.82. The van der Waals surface area contributed by atoms with Crippen LogP contribution in [0.2, 0.25) is 0 Å². The second-order valence-electron chi connectivity index (χ2n) is 5.68. The van der Waals surface area contributed by atoms with Gasteiger partial charge in [0.1, 0.15) is 0 Å². The lowest BCUT2D eigenvalue weighted by molar-refractivity contribution is -0.146. The van der Waals surface area contributed by atoms with E-state index >= 15 is 0 Å². The molecule has 0 aromatic rings. The maximum Gasteiger partial charge on any atom is 0.306 e. The summed E-state index contributed by atoms with van der Waals surface area (Å²) in [5.74, 6) is -1.35. The summed E-state index contributed by atoms with van der Waals surface area (Å²) in [6, 6.07) is 0. The summed E-state index contributed by atoms with van der Waals surface area (Å²) in [7, 11) is 1.60. The van der Waals surface area contributed by atoms with E-state index in [1.165, 1.54) is 4.90 Å². The first-order valence-electron chi connectivity index (χ1n) is 7.31. The molecule has 0 aromatic carbocycles. The Hall–Kier alpha value is -1.63. The maximum atomic E-state index is 12.0. The number of likely N-dealkylation sites (N-methyl/N-ethyl adjacent to an activating group) is 1. The number of nitrogens with zero attached hydrogens (tertiary/aromatic N) is 2. The van der Waals surface area contributed by atoms with Crippen molar-refractivity contribution in [2.75, 3.05) is 39.8 Å². The average Bonchev–Trinajstić information content (AvgIpc) is 2.38. The van der Waals surface area contributed by atoms with Gasteiger partial charge in [-0.15, -0.1) is 0 Å². The number of hydrogen-bond donors (Lipinski definition) is 2. The van der Waals surface area contributed by atoms with Crippen molar-refractivity contribution < 1.29 is 19.5 Å². The van der Waals surface area contributed by atoms with Crippen LogP contribution in [0.4, 0.5) is 0 Å². The third-order valence-corrected chi connectivity index (χ3v) is 3.82. The van der Waals surface area contributed by atoms with Crippen molar-refractivity contribution in [3.8, 4) is 0 Å². The zero-order chi connectivity index (χ0) is 16.0. The zero-order valence-corrected chi connectivity index (χ0v) is 13.0. The molecule has 0 aliphatic carbocycles. The summed E-state index contributed by atoms with van der Waals surface area (Å²) < 4.78 is 0. The molecule has 0 radical (unpaired) electrons. The van der Waals surface area contributed by atoms with Crippen LogP contribution in [0.15, 0.2) is 0 Å². The Kier molecular flexibility index (Phi) is 6.61. The number of rotatable bonds is 8. The lowest BCUT2D eigenvalue weighted by Crippen LogP contribution is -2.54. The minimum absolute atomic E-state index is 0.0572. The van der Waals surface area contributed by atoms with E-state index < -0.39 is 5.97 Å². The van der Waals surface area contributed by atoms with Crippen molar-refractivity contribution in [1.29, 1.82) is 0 Å². The summed E-state index contributed by atoms with van der Waals surface area (Å²) >= 11 is 0. The molecule has 7 heteroatoms. The van der Waals surface area contributed by atoms with E-state index in [9.17, 15) is 14.4 Å². The molecule has 1 aliphatic heterocycles. The molecule has 21 heavy (non-hydrogen) atoms. The first-order chi connectivity index (χ1) is 9.85. The molecule has 2 amide bonds. The van der Waals surface area contributed by atoms with Crippen molar-refractivity contribution in [3.05, 3.63) is 0 Å². The van der Waals surface area contributed by atoms with Crippen molar-refractivity contribution in [1.82, 2.24) is 15.1 Å². The third kappa shape index (κ3) is 5.34. The topological polar surface area (TPSA) is 90.0 Å². The van der Waals surface area contributed by atoms with Crippen LogP contribution < -0.4 is 5.32 Å². The quantitative estimate of drug-likeness (QED) is 0.638. The van der Waals surface area contributed by atoms with E-state index in [4.69, 9.17) is 5.11 Å². The molecule has 0 saturated carbocycles. The SMILES string of the molecule is CCCNC(=O)CN(C)C(=O)CN1CC(C(C)C(=O)O)C1. The van der Waals surface area contributed by atoms with Crippen molar-refractivity contribution in [3.63, 3.8) is 0 Å². The fourth-order valence-electron chi connectivity index (χ4n) is 2.19. The number of aliphatic carboxylic acids is 1. The van der Waals surface area contributed by atoms with Gasteiger partial charge in [-0.05, 0) is 12.3 Å². The number of hydrogen-bond acceptors (Lipinski definition) is 4. The number of amides is 2. The average molecular weight is 299 g/mol. The van der Waals surface area contributed by atoms with Crippen molar-refractivity contribution in [2.24, 2.45) is 11.8 Å². The Morgan fingerprint density at radius 2 is 2.00 bits per heavy atom. The lowest BCUT2D eigenvalue weighted by atomic mass is 9.87. The first kappa shape index (κ1) is 17.4. The van der Waals surface area contributed by atoms with Crippen LogP contribution >= 0.6 is 0 Å². The fraction of sp³-hybridized carbons (Fsp3) is 0.786. The highest BCUT2D eigenvalue weighted by Crippen LogP contribution is 2.23. The van der Waals surface area contributed by atoms with Gasteiger partial charge in [-0.25, -0.2) is 0 Å². The van der Waals surface area contributed by atoms with E-state index in [-0.39, 0.29) is 36.7 Å². The van der Waals surface area contributed by atoms with E-state index in [1.54, 1.807) is 14.0 Å². The molecule has 1 heterocycles. The molecule has 1 saturated heterocycles. The van der Waals surface area contributed by atoms with Crippen LogP contribution in [-0.4, -0.2) is 72.5 Å². The zero-order valence-electron chi connectivity index (χ0n) is 13.0. The molecule has 1 aliphatic rings. The number of likely N-dealkylation sites (tertiary alicyclic amines) is 1. The van der Waals surface area contributed by atoms with E-state index in [0.717, 1.165) is 6.42 Å². The highest BCUT2D eigenvalue weighted by Gasteiger charge is 2.35. The summed E-state index contributed by atoms with van der Waals surface area (Å²) in [5, 5.41) is 11.6. The highest BCUT2D eigenvalue weighted by molar-refractivity contribution is 5.85. The molecule has 120 valence electrons. The molecule has 1 unspecified atom stereocenters. The van der Waals surface area contributed by atoms with Gasteiger partial charge in [-0.2, -0.15) is 0 Å². The van der Waals surface area contributed by atoms with Gasteiger partial charge in [-0.1, -0.05) is 13.8 Å². The van der Waals surface area contributed by atoms with Crippen LogP contribution in [0, 0.1) is 11.8 Å². The van der Waals surface area contributed by atoms with Crippen LogP contribution in [0.1, 0.15) is 20.3 Å². The second-order valence-corrected chi connectivity index (χ2v) is 5.68. The van der Waals surface area contributed by atoms with Gasteiger partial charge >= 0.3 is 5.97 Å². The molecular weight excluding hydrogens is 274 g/mol. The Morgan fingerprint density at radius 3 is 2.52 bits per heavy atom. The maximum absolute atomic E-state index is 12.0. The standard InChI is InChI=1S/C14H25N3O4/c1-4-5-15-12(18)8-16(3)13(19)9-17-6-11(7-17)10(2)14(20)21/h10-11H,4-9H2,1-3H3,(H,15,18)(H,20,21). The molecular formula is C14H25N3O4. The summed E-state index contributed by atoms with van der Waals surface area (Å²) in [4.78, 5) is 37.6. The van der Waals surface area contributed by atoms with E-state index in [2.05, 4.69) is 5.32 Å². The minimum Gasteiger partial charge on any atom is -0.481 e. The largest absolute Gasteiger partial charge is 0.481 e. The van der Waals surface area contributed by atoms with Crippen molar-refractivity contribution in [2.45, 2.75) is 20.3 Å². The molecule has 7 nitrogen and oxygen atoms in total. The highest BCUT2D eigenvalue weighted by atomic mass is 16.4. The molecule has 0 spiro atoms. The van der Waals surface area contributed by atoms with Gasteiger partial charge < -0.3 is 15.3 Å². The second kappa shape index (κ2) is 7.97. The molecule has 1 atom stereocenters. The summed E-state index contributed by atoms with van der Waals surface area (Å²) in [6.07, 6.45) is 0.861. The van der Waals surface area contributed by atoms with Crippen LogP contribution in [0.25, 0.3) is 0 Å². The number of carbonyl (C=O) groups excluding carboxylic acids is 2. The fourth-order valence-corrected chi connectivity index (χ4v) is 2.19. The summed E-state index contributed by atoms with van der Waals surface area (Å²) in [6.45, 7) is 5.80. The van der Waals surface area contributed by atoms with Crippen LogP contribution in [0.3, 0.4) is 0 Å². The Balaban J connectivity index is 2.25. The lowest BCUT2D eigenvalue weighted by Gasteiger charge is -2.41. The number of carboxylic acid groups (broad SMARTS) is 1. The van der Waals surface area contributed by atoms with E-state index in [1.807, 2.05) is 11.8 Å². The molecule has 1 fully saturated rings. The van der Waals surface area contributed by atoms with Gasteiger partial charge in [0.25, 0.3) is 0 Å². The van der Waals surface area contributed by atoms with Crippen LogP contribution in [-0.2, 0) is 14.4 Å². The number of carboxylic acids is 1. The minimum atomic E-state index is -0.796. The van der Waals surface area contributed by atoms with Crippen molar-refractivity contribution >= 4 is 17.8 Å². The molecule has 1 rings (SSSR count).